The zero-order chi connectivity index (χ0) is 16.5. The van der Waals surface area contributed by atoms with Gasteiger partial charge in [-0.2, -0.15) is 0 Å². The van der Waals surface area contributed by atoms with E-state index >= 15 is 0 Å². The molecule has 1 heterocycles. The monoisotopic (exact) mass is 337 g/mol. The zero-order valence-corrected chi connectivity index (χ0v) is 14.1. The SMILES string of the molecule is CC.CN1c2ccccc2C(=O)c2ccc(Cl)cc2S1(=O)=O. The molecule has 0 saturated heterocycles. The first-order valence-electron chi connectivity index (χ1n) is 6.85. The minimum absolute atomic E-state index is 0.0614. The van der Waals surface area contributed by atoms with E-state index in [2.05, 4.69) is 0 Å². The Morgan fingerprint density at radius 3 is 2.32 bits per heavy atom. The Balaban J connectivity index is 0.000000847. The summed E-state index contributed by atoms with van der Waals surface area (Å²) < 4.78 is 26.3. The molecule has 2 aromatic carbocycles. The zero-order valence-electron chi connectivity index (χ0n) is 12.5. The predicted molar refractivity (Wildman–Crippen MR) is 88.3 cm³/mol. The molecule has 4 nitrogen and oxygen atoms in total. The third-order valence-electron chi connectivity index (χ3n) is 3.31. The Labute approximate surface area is 135 Å². The van der Waals surface area contributed by atoms with E-state index in [0.717, 1.165) is 4.31 Å². The standard InChI is InChI=1S/C14H10ClNO3S.C2H6/c1-16-12-5-3-2-4-10(12)14(17)11-7-6-9(15)8-13(11)20(16,18)19;1-2/h2-8H,1H3;1-2H3. The molecule has 0 aliphatic carbocycles. The van der Waals surface area contributed by atoms with Gasteiger partial charge in [-0.05, 0) is 30.3 Å². The number of rotatable bonds is 0. The number of benzene rings is 2. The number of sulfonamides is 1. The summed E-state index contributed by atoms with van der Waals surface area (Å²) in [5.74, 6) is -0.319. The summed E-state index contributed by atoms with van der Waals surface area (Å²) in [6.45, 7) is 4.00. The number of hydrogen-bond acceptors (Lipinski definition) is 3. The molecule has 0 unspecified atom stereocenters. The Bertz CT molecular complexity index is 831. The van der Waals surface area contributed by atoms with E-state index in [1.165, 1.54) is 25.2 Å². The van der Waals surface area contributed by atoms with Gasteiger partial charge in [0.05, 0.1) is 5.69 Å². The number of halogens is 1. The maximum absolute atomic E-state index is 12.6. The lowest BCUT2D eigenvalue weighted by Crippen LogP contribution is -2.26. The Kier molecular flexibility index (Phi) is 4.58. The van der Waals surface area contributed by atoms with Gasteiger partial charge in [-0.1, -0.05) is 37.6 Å². The van der Waals surface area contributed by atoms with Gasteiger partial charge in [0, 0.05) is 23.2 Å². The van der Waals surface area contributed by atoms with E-state index in [0.29, 0.717) is 11.3 Å². The summed E-state index contributed by atoms with van der Waals surface area (Å²) in [6.07, 6.45) is 0. The van der Waals surface area contributed by atoms with Gasteiger partial charge in [0.2, 0.25) is 0 Å². The van der Waals surface area contributed by atoms with Crippen LogP contribution in [0.4, 0.5) is 5.69 Å². The van der Waals surface area contributed by atoms with Crippen molar-refractivity contribution < 1.29 is 13.2 Å². The van der Waals surface area contributed by atoms with E-state index < -0.39 is 10.0 Å². The normalized spacial score (nSPS) is 15.1. The van der Waals surface area contributed by atoms with Crippen molar-refractivity contribution in [2.45, 2.75) is 18.7 Å². The molecule has 1 aliphatic rings. The molecular weight excluding hydrogens is 322 g/mol. The highest BCUT2D eigenvalue weighted by atomic mass is 35.5. The molecule has 22 heavy (non-hydrogen) atoms. The molecule has 0 atom stereocenters. The summed E-state index contributed by atoms with van der Waals surface area (Å²) in [5.41, 5.74) is 0.871. The molecule has 0 aromatic heterocycles. The highest BCUT2D eigenvalue weighted by Crippen LogP contribution is 2.34. The third kappa shape index (κ3) is 2.51. The average Bonchev–Trinajstić information content (AvgIpc) is 2.60. The Morgan fingerprint density at radius 1 is 1.00 bits per heavy atom. The first-order chi connectivity index (χ1) is 10.4. The highest BCUT2D eigenvalue weighted by Gasteiger charge is 2.33. The van der Waals surface area contributed by atoms with E-state index in [1.54, 1.807) is 24.3 Å². The lowest BCUT2D eigenvalue weighted by molar-refractivity contribution is 0.103. The molecule has 0 amide bonds. The fourth-order valence-electron chi connectivity index (χ4n) is 2.26. The number of para-hydroxylation sites is 1. The quantitative estimate of drug-likeness (QED) is 0.736. The van der Waals surface area contributed by atoms with E-state index in [9.17, 15) is 13.2 Å². The fraction of sp³-hybridized carbons (Fsp3) is 0.188. The van der Waals surface area contributed by atoms with Crippen molar-refractivity contribution >= 4 is 33.1 Å². The number of hydrogen-bond donors (Lipinski definition) is 0. The van der Waals surface area contributed by atoms with Crippen molar-refractivity contribution in [2.75, 3.05) is 11.4 Å². The van der Waals surface area contributed by atoms with E-state index in [-0.39, 0.29) is 21.3 Å². The molecule has 0 bridgehead atoms. The van der Waals surface area contributed by atoms with Gasteiger partial charge in [0.25, 0.3) is 10.0 Å². The smallest absolute Gasteiger partial charge is 0.264 e. The number of nitrogens with zero attached hydrogens (tertiary/aromatic N) is 1. The van der Waals surface area contributed by atoms with Crippen molar-refractivity contribution in [1.29, 1.82) is 0 Å². The maximum Gasteiger partial charge on any atom is 0.264 e. The van der Waals surface area contributed by atoms with Crippen LogP contribution in [-0.2, 0) is 10.0 Å². The second kappa shape index (κ2) is 6.10. The van der Waals surface area contributed by atoms with Gasteiger partial charge in [0.1, 0.15) is 4.90 Å². The van der Waals surface area contributed by atoms with Gasteiger partial charge in [-0.3, -0.25) is 9.10 Å². The minimum atomic E-state index is -3.80. The molecule has 0 saturated carbocycles. The van der Waals surface area contributed by atoms with Gasteiger partial charge in [-0.15, -0.1) is 0 Å². The van der Waals surface area contributed by atoms with E-state index in [1.807, 2.05) is 13.8 Å². The van der Waals surface area contributed by atoms with Crippen LogP contribution in [0.2, 0.25) is 5.02 Å². The van der Waals surface area contributed by atoms with Crippen LogP contribution in [0, 0.1) is 0 Å². The summed E-state index contributed by atoms with van der Waals surface area (Å²) in [6, 6.07) is 10.9. The first kappa shape index (κ1) is 16.5. The van der Waals surface area contributed by atoms with Crippen LogP contribution in [-0.4, -0.2) is 21.2 Å². The molecule has 0 radical (unpaired) electrons. The molecule has 6 heteroatoms. The largest absolute Gasteiger partial charge is 0.288 e. The summed E-state index contributed by atoms with van der Waals surface area (Å²) in [4.78, 5) is 12.5. The topological polar surface area (TPSA) is 54.5 Å². The summed E-state index contributed by atoms with van der Waals surface area (Å²) >= 11 is 5.87. The van der Waals surface area contributed by atoms with Crippen LogP contribution in [0.3, 0.4) is 0 Å². The van der Waals surface area contributed by atoms with Gasteiger partial charge in [0.15, 0.2) is 5.78 Å². The molecule has 0 fully saturated rings. The van der Waals surface area contributed by atoms with Crippen LogP contribution in [0.5, 0.6) is 0 Å². The third-order valence-corrected chi connectivity index (χ3v) is 5.36. The second-order valence-electron chi connectivity index (χ2n) is 4.46. The number of ketones is 1. The number of carbonyl (C=O) groups excluding carboxylic acids is 1. The molecule has 1 aliphatic heterocycles. The van der Waals surface area contributed by atoms with Crippen LogP contribution in [0.15, 0.2) is 47.4 Å². The van der Waals surface area contributed by atoms with Crippen LogP contribution in [0.1, 0.15) is 29.8 Å². The Hall–Kier alpha value is -1.85. The van der Waals surface area contributed by atoms with Crippen molar-refractivity contribution in [2.24, 2.45) is 0 Å². The van der Waals surface area contributed by atoms with Gasteiger partial charge >= 0.3 is 0 Å². The summed E-state index contributed by atoms with van der Waals surface area (Å²) in [5, 5.41) is 0.277. The first-order valence-corrected chi connectivity index (χ1v) is 8.67. The average molecular weight is 338 g/mol. The minimum Gasteiger partial charge on any atom is -0.288 e. The molecule has 2 aromatic rings. The van der Waals surface area contributed by atoms with E-state index in [4.69, 9.17) is 11.6 Å². The lowest BCUT2D eigenvalue weighted by Gasteiger charge is -2.18. The predicted octanol–water partition coefficient (Wildman–Crippen LogP) is 3.74. The molecule has 0 N–H and O–H groups in total. The summed E-state index contributed by atoms with van der Waals surface area (Å²) in [7, 11) is -2.37. The molecular formula is C16H16ClNO3S. The van der Waals surface area contributed by atoms with Crippen LogP contribution in [0.25, 0.3) is 0 Å². The number of fused-ring (bicyclic) bond motifs is 2. The molecule has 116 valence electrons. The fourth-order valence-corrected chi connectivity index (χ4v) is 3.92. The molecule has 3 rings (SSSR count). The number of anilines is 1. The maximum atomic E-state index is 12.6. The van der Waals surface area contributed by atoms with Crippen molar-refractivity contribution in [1.82, 2.24) is 0 Å². The molecule has 0 spiro atoms. The van der Waals surface area contributed by atoms with Crippen LogP contribution < -0.4 is 4.31 Å². The number of carbonyl (C=O) groups is 1. The van der Waals surface area contributed by atoms with Crippen molar-refractivity contribution in [3.05, 3.63) is 58.6 Å². The van der Waals surface area contributed by atoms with Gasteiger partial charge in [-0.25, -0.2) is 8.42 Å². The second-order valence-corrected chi connectivity index (χ2v) is 6.83. The van der Waals surface area contributed by atoms with Gasteiger partial charge < -0.3 is 0 Å². The van der Waals surface area contributed by atoms with Crippen molar-refractivity contribution in [3.63, 3.8) is 0 Å². The highest BCUT2D eigenvalue weighted by molar-refractivity contribution is 7.93. The lowest BCUT2D eigenvalue weighted by atomic mass is 10.0. The van der Waals surface area contributed by atoms with Crippen molar-refractivity contribution in [3.8, 4) is 0 Å². The Morgan fingerprint density at radius 2 is 1.64 bits per heavy atom. The van der Waals surface area contributed by atoms with Crippen LogP contribution >= 0.6 is 11.6 Å².